The van der Waals surface area contributed by atoms with E-state index >= 15 is 0 Å². The van der Waals surface area contributed by atoms with Crippen molar-refractivity contribution in [1.29, 1.82) is 0 Å². The average molecular weight is 322 g/mol. The van der Waals surface area contributed by atoms with Crippen molar-refractivity contribution < 1.29 is 0 Å². The second kappa shape index (κ2) is 5.53. The summed E-state index contributed by atoms with van der Waals surface area (Å²) in [6, 6.07) is 6.19. The molecule has 1 aliphatic rings. The third-order valence-corrected chi connectivity index (χ3v) is 4.58. The maximum Gasteiger partial charge on any atom is 0.152 e. The molecule has 1 aliphatic heterocycles. The van der Waals surface area contributed by atoms with Gasteiger partial charge < -0.3 is 9.30 Å². The van der Waals surface area contributed by atoms with E-state index in [9.17, 15) is 0 Å². The second-order valence-electron chi connectivity index (χ2n) is 5.47. The monoisotopic (exact) mass is 321 g/mol. The number of anilines is 1. The summed E-state index contributed by atoms with van der Waals surface area (Å²) in [6.07, 6.45) is 5.99. The Balaban J connectivity index is 1.99. The molecule has 1 atom stereocenters. The molecule has 0 saturated carbocycles. The number of nitrogens with zero attached hydrogens (tertiary/aromatic N) is 3. The zero-order valence-corrected chi connectivity index (χ0v) is 12.9. The van der Waals surface area contributed by atoms with Crippen LogP contribution in [0, 0.1) is 5.92 Å². The van der Waals surface area contributed by atoms with Gasteiger partial charge in [0, 0.05) is 24.6 Å². The third kappa shape index (κ3) is 2.50. The lowest BCUT2D eigenvalue weighted by Crippen LogP contribution is -2.25. The van der Waals surface area contributed by atoms with E-state index in [1.54, 1.807) is 0 Å². The van der Waals surface area contributed by atoms with Gasteiger partial charge in [-0.1, -0.05) is 28.9 Å². The van der Waals surface area contributed by atoms with Crippen molar-refractivity contribution in [3.05, 3.63) is 30.1 Å². The highest BCUT2D eigenvalue weighted by molar-refractivity contribution is 9.08. The minimum absolute atomic E-state index is 0.842. The van der Waals surface area contributed by atoms with Gasteiger partial charge >= 0.3 is 0 Å². The minimum Gasteiger partial charge on any atom is -0.355 e. The third-order valence-electron chi connectivity index (χ3n) is 4.05. The van der Waals surface area contributed by atoms with Crippen LogP contribution in [0.2, 0.25) is 0 Å². The molecule has 0 amide bonds. The number of hydrogen-bond donors (Lipinski definition) is 0. The first-order valence-electron chi connectivity index (χ1n) is 7.06. The summed E-state index contributed by atoms with van der Waals surface area (Å²) in [4.78, 5) is 7.30. The van der Waals surface area contributed by atoms with Gasteiger partial charge in [0.05, 0.1) is 5.69 Å². The van der Waals surface area contributed by atoms with E-state index < -0.39 is 0 Å². The number of fused-ring (bicyclic) bond motifs is 1. The van der Waals surface area contributed by atoms with Gasteiger partial charge in [0.1, 0.15) is 5.65 Å². The topological polar surface area (TPSA) is 20.5 Å². The van der Waals surface area contributed by atoms with E-state index in [1.807, 2.05) is 0 Å². The predicted octanol–water partition coefficient (Wildman–Crippen LogP) is 3.86. The van der Waals surface area contributed by atoms with Crippen LogP contribution in [0.5, 0.6) is 0 Å². The Hall–Kier alpha value is -1.03. The Bertz CT molecular complexity index is 564. The molecule has 2 aromatic heterocycles. The van der Waals surface area contributed by atoms with Crippen molar-refractivity contribution in [2.75, 3.05) is 18.0 Å². The molecule has 0 bridgehead atoms. The minimum atomic E-state index is 0.842. The SMILES string of the molecule is CC1CCCN(c2nc3ccccn3c2CBr)CC1. The van der Waals surface area contributed by atoms with Crippen LogP contribution in [0.1, 0.15) is 31.9 Å². The van der Waals surface area contributed by atoms with E-state index in [0.29, 0.717) is 0 Å². The summed E-state index contributed by atoms with van der Waals surface area (Å²) in [5, 5.41) is 0.847. The van der Waals surface area contributed by atoms with Crippen molar-refractivity contribution in [3.8, 4) is 0 Å². The van der Waals surface area contributed by atoms with Crippen molar-refractivity contribution in [1.82, 2.24) is 9.38 Å². The maximum atomic E-state index is 4.83. The van der Waals surface area contributed by atoms with E-state index in [2.05, 4.69) is 56.6 Å². The Kier molecular flexibility index (Phi) is 3.78. The van der Waals surface area contributed by atoms with E-state index in [4.69, 9.17) is 4.98 Å². The Morgan fingerprint density at radius 3 is 3.05 bits per heavy atom. The number of rotatable bonds is 2. The van der Waals surface area contributed by atoms with Gasteiger partial charge in [-0.25, -0.2) is 4.98 Å². The van der Waals surface area contributed by atoms with Crippen LogP contribution < -0.4 is 4.90 Å². The largest absolute Gasteiger partial charge is 0.355 e. The Labute approximate surface area is 122 Å². The molecule has 4 heteroatoms. The van der Waals surface area contributed by atoms with Crippen molar-refractivity contribution >= 4 is 27.4 Å². The maximum absolute atomic E-state index is 4.83. The zero-order chi connectivity index (χ0) is 13.2. The standard InChI is InChI=1S/C15H20BrN3/c1-12-5-4-8-18(10-7-12)15-13(11-16)19-9-3-2-6-14(19)17-15/h2-3,6,9,12H,4-5,7-8,10-11H2,1H3. The van der Waals surface area contributed by atoms with Crippen LogP contribution in [0.3, 0.4) is 0 Å². The number of pyridine rings is 1. The second-order valence-corrected chi connectivity index (χ2v) is 6.03. The first kappa shape index (κ1) is 13.0. The molecule has 0 radical (unpaired) electrons. The highest BCUT2D eigenvalue weighted by atomic mass is 79.9. The molecular weight excluding hydrogens is 302 g/mol. The molecule has 0 aliphatic carbocycles. The van der Waals surface area contributed by atoms with Gasteiger partial charge in [-0.15, -0.1) is 0 Å². The molecule has 0 aromatic carbocycles. The Morgan fingerprint density at radius 2 is 2.21 bits per heavy atom. The molecular formula is C15H20BrN3. The molecule has 0 N–H and O–H groups in total. The van der Waals surface area contributed by atoms with Crippen molar-refractivity contribution in [3.63, 3.8) is 0 Å². The number of hydrogen-bond acceptors (Lipinski definition) is 2. The molecule has 1 saturated heterocycles. The molecule has 2 aromatic rings. The number of alkyl halides is 1. The first-order valence-corrected chi connectivity index (χ1v) is 8.18. The smallest absolute Gasteiger partial charge is 0.152 e. The molecule has 3 heterocycles. The summed E-state index contributed by atoms with van der Waals surface area (Å²) in [5.41, 5.74) is 2.31. The summed E-state index contributed by atoms with van der Waals surface area (Å²) in [7, 11) is 0. The van der Waals surface area contributed by atoms with Crippen LogP contribution >= 0.6 is 15.9 Å². The van der Waals surface area contributed by atoms with Gasteiger partial charge in [-0.2, -0.15) is 0 Å². The van der Waals surface area contributed by atoms with E-state index in [-0.39, 0.29) is 0 Å². The molecule has 102 valence electrons. The van der Waals surface area contributed by atoms with Crippen LogP contribution in [0.25, 0.3) is 5.65 Å². The van der Waals surface area contributed by atoms with Gasteiger partial charge in [-0.3, -0.25) is 0 Å². The summed E-state index contributed by atoms with van der Waals surface area (Å²) in [6.45, 7) is 4.62. The number of imidazole rings is 1. The predicted molar refractivity (Wildman–Crippen MR) is 83.1 cm³/mol. The highest BCUT2D eigenvalue weighted by Gasteiger charge is 2.20. The first-order chi connectivity index (χ1) is 9.29. The van der Waals surface area contributed by atoms with Crippen LogP contribution in [-0.2, 0) is 5.33 Å². The quantitative estimate of drug-likeness (QED) is 0.783. The fourth-order valence-electron chi connectivity index (χ4n) is 2.89. The highest BCUT2D eigenvalue weighted by Crippen LogP contribution is 2.27. The van der Waals surface area contributed by atoms with Crippen molar-refractivity contribution in [2.24, 2.45) is 5.92 Å². The van der Waals surface area contributed by atoms with Crippen LogP contribution in [0.4, 0.5) is 5.82 Å². The van der Waals surface area contributed by atoms with Crippen LogP contribution in [-0.4, -0.2) is 22.5 Å². The molecule has 0 spiro atoms. The van der Waals surface area contributed by atoms with Crippen LogP contribution in [0.15, 0.2) is 24.4 Å². The molecule has 3 rings (SSSR count). The van der Waals surface area contributed by atoms with Gasteiger partial charge in [-0.05, 0) is 37.3 Å². The van der Waals surface area contributed by atoms with Gasteiger partial charge in [0.25, 0.3) is 0 Å². The van der Waals surface area contributed by atoms with Gasteiger partial charge in [0.15, 0.2) is 5.82 Å². The van der Waals surface area contributed by atoms with Gasteiger partial charge in [0.2, 0.25) is 0 Å². The summed E-state index contributed by atoms with van der Waals surface area (Å²) in [5.74, 6) is 2.01. The Morgan fingerprint density at radius 1 is 1.32 bits per heavy atom. The fraction of sp³-hybridized carbons (Fsp3) is 0.533. The van der Waals surface area contributed by atoms with E-state index in [0.717, 1.165) is 35.8 Å². The lowest BCUT2D eigenvalue weighted by atomic mass is 10.0. The number of halogens is 1. The van der Waals surface area contributed by atoms with E-state index in [1.165, 1.54) is 25.0 Å². The normalized spacial score (nSPS) is 20.7. The zero-order valence-electron chi connectivity index (χ0n) is 11.3. The lowest BCUT2D eigenvalue weighted by molar-refractivity contribution is 0.521. The average Bonchev–Trinajstić information content (AvgIpc) is 2.67. The summed E-state index contributed by atoms with van der Waals surface area (Å²) < 4.78 is 2.19. The molecule has 3 nitrogen and oxygen atoms in total. The lowest BCUT2D eigenvalue weighted by Gasteiger charge is -2.21. The summed E-state index contributed by atoms with van der Waals surface area (Å²) >= 11 is 3.62. The molecule has 1 fully saturated rings. The number of aromatic nitrogens is 2. The van der Waals surface area contributed by atoms with Crippen molar-refractivity contribution in [2.45, 2.75) is 31.5 Å². The molecule has 1 unspecified atom stereocenters. The molecule has 19 heavy (non-hydrogen) atoms. The fourth-order valence-corrected chi connectivity index (χ4v) is 3.41.